The second-order valence-corrected chi connectivity index (χ2v) is 16.0. The van der Waals surface area contributed by atoms with Crippen LogP contribution < -0.4 is 10.6 Å². The third kappa shape index (κ3) is 9.83. The maximum Gasteiger partial charge on any atom is 0.408 e. The van der Waals surface area contributed by atoms with Gasteiger partial charge in [-0.3, -0.25) is 0 Å². The fourth-order valence-electron chi connectivity index (χ4n) is 6.99. The van der Waals surface area contributed by atoms with E-state index in [1.54, 1.807) is 58.9 Å². The number of carboxylic acids is 1. The van der Waals surface area contributed by atoms with Gasteiger partial charge in [0.2, 0.25) is 0 Å². The smallest absolute Gasteiger partial charge is 0.408 e. The van der Waals surface area contributed by atoms with Crippen LogP contribution in [0.15, 0.2) is 47.5 Å². The molecule has 9 nitrogen and oxygen atoms in total. The van der Waals surface area contributed by atoms with Gasteiger partial charge in [-0.05, 0) is 90.0 Å². The molecule has 0 spiro atoms. The molecule has 1 amide bonds. The molecule has 10 heteroatoms. The number of hydrogen-bond donors (Lipinski definition) is 3. The van der Waals surface area contributed by atoms with Crippen LogP contribution in [-0.4, -0.2) is 53.3 Å². The molecule has 0 bridgehead atoms. The molecule has 3 aromatic rings. The van der Waals surface area contributed by atoms with Crippen LogP contribution in [-0.2, 0) is 26.0 Å². The number of nitrogens with zero attached hydrogens (tertiary/aromatic N) is 1. The average Bonchev–Trinajstić information content (AvgIpc) is 3.36. The number of carbonyl (C=O) groups is 2. The van der Waals surface area contributed by atoms with Gasteiger partial charge in [-0.1, -0.05) is 74.4 Å². The summed E-state index contributed by atoms with van der Waals surface area (Å²) >= 11 is 0. The Kier molecular flexibility index (Phi) is 12.2. The molecule has 2 aliphatic carbocycles. The molecule has 1 unspecified atom stereocenters. The van der Waals surface area contributed by atoms with E-state index in [2.05, 4.69) is 10.6 Å². The number of ether oxygens (including phenoxy) is 1. The molecule has 2 aromatic carbocycles. The Hall–Kier alpha value is -3.37. The lowest BCUT2D eigenvalue weighted by molar-refractivity contribution is -0.139. The minimum atomic E-state index is -3.97. The van der Waals surface area contributed by atoms with E-state index >= 15 is 0 Å². The first-order valence-corrected chi connectivity index (χ1v) is 18.5. The number of hydrogen-bond acceptors (Lipinski definition) is 6. The topological polar surface area (TPSA) is 127 Å². The molecule has 3 N–H and O–H groups in total. The third-order valence-corrected chi connectivity index (χ3v) is 11.0. The number of rotatable bonds is 8. The van der Waals surface area contributed by atoms with Gasteiger partial charge in [-0.25, -0.2) is 22.0 Å². The summed E-state index contributed by atoms with van der Waals surface area (Å²) in [6, 6.07) is 11.0. The maximum atomic E-state index is 13.7. The van der Waals surface area contributed by atoms with Gasteiger partial charge in [0.25, 0.3) is 10.0 Å². The van der Waals surface area contributed by atoms with Crippen molar-refractivity contribution < 1.29 is 27.9 Å². The predicted octanol–water partition coefficient (Wildman–Crippen LogP) is 7.57. The SMILES string of the molecule is C1CCC(NC2CCCCC2)CC1.Cc1cc(C)c(S(=O)(=O)n2cc(CC(NC(=O)OC(C)(C)C)C(=O)O)c3ccccc32)c(C)c1. The summed E-state index contributed by atoms with van der Waals surface area (Å²) in [5, 5.41) is 16.5. The van der Waals surface area contributed by atoms with Crippen LogP contribution in [0.1, 0.15) is 107 Å². The summed E-state index contributed by atoms with van der Waals surface area (Å²) in [6.07, 6.45) is 15.0. The van der Waals surface area contributed by atoms with Crippen molar-refractivity contribution in [1.82, 2.24) is 14.6 Å². The Morgan fingerprint density at radius 1 is 0.915 bits per heavy atom. The number of alkyl carbamates (subject to hydrolysis) is 1. The van der Waals surface area contributed by atoms with E-state index in [1.165, 1.54) is 74.4 Å². The van der Waals surface area contributed by atoms with Gasteiger partial charge in [0, 0.05) is 30.1 Å². The highest BCUT2D eigenvalue weighted by atomic mass is 32.2. The number of aromatic nitrogens is 1. The summed E-state index contributed by atoms with van der Waals surface area (Å²) in [5.41, 5.74) is 2.34. The normalized spacial score (nSPS) is 17.1. The van der Waals surface area contributed by atoms with Crippen LogP contribution in [0.5, 0.6) is 0 Å². The molecule has 2 aliphatic rings. The Labute approximate surface area is 280 Å². The second kappa shape index (κ2) is 15.7. The van der Waals surface area contributed by atoms with Gasteiger partial charge in [0.15, 0.2) is 0 Å². The number of nitrogens with one attached hydrogen (secondary N) is 2. The predicted molar refractivity (Wildman–Crippen MR) is 187 cm³/mol. The molecule has 1 atom stereocenters. The minimum absolute atomic E-state index is 0.122. The number of benzene rings is 2. The number of fused-ring (bicyclic) bond motifs is 1. The Balaban J connectivity index is 0.000000318. The summed E-state index contributed by atoms with van der Waals surface area (Å²) in [4.78, 5) is 24.3. The molecule has 0 radical (unpaired) electrons. The fraction of sp³-hybridized carbons (Fsp3) is 0.568. The van der Waals surface area contributed by atoms with Crippen molar-refractivity contribution in [2.45, 2.75) is 141 Å². The van der Waals surface area contributed by atoms with Gasteiger partial charge < -0.3 is 20.5 Å². The summed E-state index contributed by atoms with van der Waals surface area (Å²) < 4.78 is 33.8. The standard InChI is InChI=1S/C25H30N2O6S.C12H23N/c1-15-11-16(2)22(17(3)12-15)34(31,32)27-14-18(19-9-7-8-10-21(19)27)13-20(23(28)29)26-24(30)33-25(4,5)6;1-3-7-11(8-4-1)13-12-9-5-2-6-10-12/h7-12,14,20H,13H2,1-6H3,(H,26,30)(H,28,29);11-13H,1-10H2. The molecule has 2 saturated carbocycles. The number of para-hydroxylation sites is 1. The van der Waals surface area contributed by atoms with Crippen molar-refractivity contribution in [1.29, 1.82) is 0 Å². The van der Waals surface area contributed by atoms with E-state index in [9.17, 15) is 23.1 Å². The van der Waals surface area contributed by atoms with Gasteiger partial charge in [0.05, 0.1) is 10.4 Å². The Morgan fingerprint density at radius 2 is 1.45 bits per heavy atom. The van der Waals surface area contributed by atoms with Crippen LogP contribution >= 0.6 is 0 Å². The van der Waals surface area contributed by atoms with E-state index < -0.39 is 33.7 Å². The van der Waals surface area contributed by atoms with Crippen LogP contribution in [0, 0.1) is 20.8 Å². The summed E-state index contributed by atoms with van der Waals surface area (Å²) in [7, 11) is -3.97. The summed E-state index contributed by atoms with van der Waals surface area (Å²) in [5.74, 6) is -1.25. The van der Waals surface area contributed by atoms with E-state index in [-0.39, 0.29) is 11.3 Å². The molecule has 0 aliphatic heterocycles. The van der Waals surface area contributed by atoms with E-state index in [0.717, 1.165) is 17.6 Å². The van der Waals surface area contributed by atoms with E-state index in [0.29, 0.717) is 27.6 Å². The molecule has 258 valence electrons. The highest BCUT2D eigenvalue weighted by Gasteiger charge is 2.29. The minimum Gasteiger partial charge on any atom is -0.480 e. The molecule has 5 rings (SSSR count). The molecular weight excluding hydrogens is 614 g/mol. The molecular formula is C37H53N3O6S. The van der Waals surface area contributed by atoms with E-state index in [1.807, 2.05) is 19.1 Å². The zero-order chi connectivity index (χ0) is 34.4. The van der Waals surface area contributed by atoms with Crippen molar-refractivity contribution in [2.75, 3.05) is 0 Å². The number of aryl methyl sites for hydroxylation is 3. The monoisotopic (exact) mass is 667 g/mol. The quantitative estimate of drug-likeness (QED) is 0.226. The molecule has 47 heavy (non-hydrogen) atoms. The average molecular weight is 668 g/mol. The summed E-state index contributed by atoms with van der Waals surface area (Å²) in [6.45, 7) is 10.4. The number of carboxylic acid groups (broad SMARTS) is 1. The molecule has 1 heterocycles. The van der Waals surface area contributed by atoms with Gasteiger partial charge in [-0.2, -0.15) is 0 Å². The lowest BCUT2D eigenvalue weighted by atomic mass is 9.91. The second-order valence-electron chi connectivity index (χ2n) is 14.3. The number of carbonyl (C=O) groups excluding carboxylic acids is 1. The van der Waals surface area contributed by atoms with Crippen molar-refractivity contribution in [3.8, 4) is 0 Å². The number of aliphatic carboxylic acids is 1. The first kappa shape index (κ1) is 36.5. The number of amides is 1. The Bertz CT molecular complexity index is 1600. The molecule has 2 fully saturated rings. The first-order chi connectivity index (χ1) is 22.2. The van der Waals surface area contributed by atoms with Crippen molar-refractivity contribution in [2.24, 2.45) is 0 Å². The van der Waals surface area contributed by atoms with Crippen molar-refractivity contribution in [3.63, 3.8) is 0 Å². The highest BCUT2D eigenvalue weighted by Crippen LogP contribution is 2.30. The van der Waals surface area contributed by atoms with Crippen LogP contribution in [0.25, 0.3) is 10.9 Å². The van der Waals surface area contributed by atoms with Gasteiger partial charge >= 0.3 is 12.1 Å². The highest BCUT2D eigenvalue weighted by molar-refractivity contribution is 7.90. The fourth-order valence-corrected chi connectivity index (χ4v) is 8.81. The third-order valence-electron chi connectivity index (χ3n) is 8.98. The zero-order valence-electron chi connectivity index (χ0n) is 28.9. The first-order valence-electron chi connectivity index (χ1n) is 17.1. The van der Waals surface area contributed by atoms with Gasteiger partial charge in [-0.15, -0.1) is 0 Å². The van der Waals surface area contributed by atoms with Crippen molar-refractivity contribution in [3.05, 3.63) is 64.8 Å². The van der Waals surface area contributed by atoms with Crippen molar-refractivity contribution >= 4 is 33.0 Å². The zero-order valence-corrected chi connectivity index (χ0v) is 29.7. The van der Waals surface area contributed by atoms with E-state index in [4.69, 9.17) is 4.74 Å². The molecule has 0 saturated heterocycles. The van der Waals surface area contributed by atoms with Gasteiger partial charge in [0.1, 0.15) is 11.6 Å². The lowest BCUT2D eigenvalue weighted by Gasteiger charge is -2.30. The lowest BCUT2D eigenvalue weighted by Crippen LogP contribution is -2.44. The van der Waals surface area contributed by atoms with Crippen LogP contribution in [0.3, 0.4) is 0 Å². The molecule has 1 aromatic heterocycles. The van der Waals surface area contributed by atoms with Crippen LogP contribution in [0.2, 0.25) is 0 Å². The Morgan fingerprint density at radius 3 is 1.96 bits per heavy atom. The maximum absolute atomic E-state index is 13.7. The van der Waals surface area contributed by atoms with Crippen LogP contribution in [0.4, 0.5) is 4.79 Å². The largest absolute Gasteiger partial charge is 0.480 e.